The van der Waals surface area contributed by atoms with Gasteiger partial charge in [-0.1, -0.05) is 36.4 Å². The molecule has 0 saturated carbocycles. The Morgan fingerprint density at radius 3 is 2.65 bits per heavy atom. The second-order valence-electron chi connectivity index (χ2n) is 5.42. The van der Waals surface area contributed by atoms with Crippen LogP contribution in [-0.4, -0.2) is 36.9 Å². The standard InChI is InChI=1S/C18H15N3O2/c1-20-10-4-7-17(20)18(23)21(12-22)16-9-8-13(11-19)14-5-2-3-6-15(14)16/h2-9,12,17H,10H2,1H3/t17-/m1/s1. The fraction of sp³-hybridized carbons (Fsp3) is 0.167. The first kappa shape index (κ1) is 14.9. The van der Waals surface area contributed by atoms with Gasteiger partial charge in [-0.3, -0.25) is 19.4 Å². The summed E-state index contributed by atoms with van der Waals surface area (Å²) in [5.74, 6) is -0.300. The molecule has 0 aromatic heterocycles. The minimum atomic E-state index is -0.449. The van der Waals surface area contributed by atoms with Gasteiger partial charge in [-0.05, 0) is 19.2 Å². The molecule has 0 unspecified atom stereocenters. The quantitative estimate of drug-likeness (QED) is 0.643. The summed E-state index contributed by atoms with van der Waals surface area (Å²) in [4.78, 5) is 27.3. The van der Waals surface area contributed by atoms with E-state index in [1.807, 2.05) is 42.3 Å². The van der Waals surface area contributed by atoms with Gasteiger partial charge in [0.25, 0.3) is 5.91 Å². The summed E-state index contributed by atoms with van der Waals surface area (Å²) in [5.41, 5.74) is 1.01. The molecule has 5 heteroatoms. The fourth-order valence-electron chi connectivity index (χ4n) is 2.85. The Bertz CT molecular complexity index is 851. The average molecular weight is 305 g/mol. The summed E-state index contributed by atoms with van der Waals surface area (Å²) in [5, 5.41) is 10.7. The summed E-state index contributed by atoms with van der Waals surface area (Å²) < 4.78 is 0. The summed E-state index contributed by atoms with van der Waals surface area (Å²) >= 11 is 0. The number of imide groups is 1. The van der Waals surface area contributed by atoms with Crippen LogP contribution < -0.4 is 4.90 Å². The van der Waals surface area contributed by atoms with Crippen molar-refractivity contribution >= 4 is 28.8 Å². The number of amides is 2. The first-order valence-electron chi connectivity index (χ1n) is 7.24. The fourth-order valence-corrected chi connectivity index (χ4v) is 2.85. The molecule has 0 saturated heterocycles. The van der Waals surface area contributed by atoms with E-state index >= 15 is 0 Å². The van der Waals surface area contributed by atoms with E-state index < -0.39 is 6.04 Å². The number of likely N-dealkylation sites (N-methyl/N-ethyl adjacent to an activating group) is 1. The maximum Gasteiger partial charge on any atom is 0.254 e. The molecule has 0 radical (unpaired) electrons. The molecule has 0 N–H and O–H groups in total. The molecule has 1 aliphatic rings. The number of anilines is 1. The average Bonchev–Trinajstić information content (AvgIpc) is 3.01. The van der Waals surface area contributed by atoms with Crippen molar-refractivity contribution in [1.82, 2.24) is 4.90 Å². The third kappa shape index (κ3) is 2.50. The summed E-state index contributed by atoms with van der Waals surface area (Å²) in [6.45, 7) is 0.678. The highest BCUT2D eigenvalue weighted by molar-refractivity contribution is 6.15. The van der Waals surface area contributed by atoms with E-state index in [-0.39, 0.29) is 5.91 Å². The molecule has 3 rings (SSSR count). The van der Waals surface area contributed by atoms with Gasteiger partial charge >= 0.3 is 0 Å². The SMILES string of the molecule is CN1CC=C[C@@H]1C(=O)N(C=O)c1ccc(C#N)c2ccccc12. The molecule has 2 aromatic carbocycles. The molecule has 1 aliphatic heterocycles. The monoisotopic (exact) mass is 305 g/mol. The number of nitrogens with zero attached hydrogens (tertiary/aromatic N) is 3. The Hall–Kier alpha value is -2.97. The molecule has 0 bridgehead atoms. The van der Waals surface area contributed by atoms with Gasteiger partial charge in [0.2, 0.25) is 6.41 Å². The number of benzene rings is 2. The van der Waals surface area contributed by atoms with Gasteiger partial charge < -0.3 is 0 Å². The topological polar surface area (TPSA) is 64.4 Å². The zero-order valence-electron chi connectivity index (χ0n) is 12.6. The van der Waals surface area contributed by atoms with E-state index in [2.05, 4.69) is 6.07 Å². The lowest BCUT2D eigenvalue weighted by molar-refractivity contribution is -0.124. The van der Waals surface area contributed by atoms with Crippen molar-refractivity contribution < 1.29 is 9.59 Å². The highest BCUT2D eigenvalue weighted by Crippen LogP contribution is 2.29. The molecule has 2 aromatic rings. The third-order valence-corrected chi connectivity index (χ3v) is 4.06. The van der Waals surface area contributed by atoms with Crippen molar-refractivity contribution in [2.24, 2.45) is 0 Å². The lowest BCUT2D eigenvalue weighted by Crippen LogP contribution is -2.44. The van der Waals surface area contributed by atoms with E-state index in [4.69, 9.17) is 0 Å². The Labute approximate surface area is 134 Å². The maximum atomic E-state index is 12.7. The molecule has 114 valence electrons. The number of fused-ring (bicyclic) bond motifs is 1. The molecule has 0 aliphatic carbocycles. The van der Waals surface area contributed by atoms with Crippen LogP contribution >= 0.6 is 0 Å². The van der Waals surface area contributed by atoms with Crippen LogP contribution in [-0.2, 0) is 9.59 Å². The molecule has 23 heavy (non-hydrogen) atoms. The van der Waals surface area contributed by atoms with Crippen molar-refractivity contribution in [3.05, 3.63) is 54.1 Å². The highest BCUT2D eigenvalue weighted by Gasteiger charge is 2.29. The first-order chi connectivity index (χ1) is 11.2. The predicted octanol–water partition coefficient (Wildman–Crippen LogP) is 2.07. The molecular weight excluding hydrogens is 290 g/mol. The summed E-state index contributed by atoms with van der Waals surface area (Å²) in [6, 6.07) is 12.2. The van der Waals surface area contributed by atoms with Gasteiger partial charge in [-0.15, -0.1) is 0 Å². The second-order valence-corrected chi connectivity index (χ2v) is 5.42. The first-order valence-corrected chi connectivity index (χ1v) is 7.24. The van der Waals surface area contributed by atoms with Crippen molar-refractivity contribution in [2.75, 3.05) is 18.5 Å². The molecule has 0 spiro atoms. The molecular formula is C18H15N3O2. The van der Waals surface area contributed by atoms with Crippen molar-refractivity contribution in [1.29, 1.82) is 5.26 Å². The van der Waals surface area contributed by atoms with Gasteiger partial charge in [0, 0.05) is 17.3 Å². The Balaban J connectivity index is 2.11. The molecule has 1 heterocycles. The Morgan fingerprint density at radius 2 is 2.04 bits per heavy atom. The van der Waals surface area contributed by atoms with Crippen LogP contribution in [0.5, 0.6) is 0 Å². The minimum Gasteiger partial charge on any atom is -0.288 e. The largest absolute Gasteiger partial charge is 0.288 e. The maximum absolute atomic E-state index is 12.7. The molecule has 5 nitrogen and oxygen atoms in total. The van der Waals surface area contributed by atoms with Gasteiger partial charge in [-0.25, -0.2) is 0 Å². The van der Waals surface area contributed by atoms with Crippen molar-refractivity contribution in [3.8, 4) is 6.07 Å². The minimum absolute atomic E-state index is 0.300. The van der Waals surface area contributed by atoms with Gasteiger partial charge in [0.15, 0.2) is 0 Å². The van der Waals surface area contributed by atoms with E-state index in [1.165, 1.54) is 0 Å². The van der Waals surface area contributed by atoms with Crippen LogP contribution in [0.2, 0.25) is 0 Å². The number of rotatable bonds is 3. The van der Waals surface area contributed by atoms with Crippen LogP contribution in [0.3, 0.4) is 0 Å². The van der Waals surface area contributed by atoms with E-state index in [0.29, 0.717) is 29.6 Å². The number of nitriles is 1. The van der Waals surface area contributed by atoms with E-state index in [9.17, 15) is 14.9 Å². The van der Waals surface area contributed by atoms with Crippen LogP contribution in [0.1, 0.15) is 5.56 Å². The van der Waals surface area contributed by atoms with Gasteiger partial charge in [-0.2, -0.15) is 5.26 Å². The predicted molar refractivity (Wildman–Crippen MR) is 87.8 cm³/mol. The number of carbonyl (C=O) groups is 2. The van der Waals surface area contributed by atoms with Crippen LogP contribution in [0, 0.1) is 11.3 Å². The van der Waals surface area contributed by atoms with E-state index in [0.717, 1.165) is 10.3 Å². The molecule has 0 fully saturated rings. The van der Waals surface area contributed by atoms with Crippen LogP contribution in [0.4, 0.5) is 5.69 Å². The van der Waals surface area contributed by atoms with Crippen molar-refractivity contribution in [3.63, 3.8) is 0 Å². The molecule has 1 atom stereocenters. The number of carbonyl (C=O) groups excluding carboxylic acids is 2. The Morgan fingerprint density at radius 1 is 1.30 bits per heavy atom. The van der Waals surface area contributed by atoms with Gasteiger partial charge in [0.05, 0.1) is 17.3 Å². The number of hydrogen-bond donors (Lipinski definition) is 0. The normalized spacial score (nSPS) is 17.1. The lowest BCUT2D eigenvalue weighted by atomic mass is 10.0. The zero-order chi connectivity index (χ0) is 16.4. The summed E-state index contributed by atoms with van der Waals surface area (Å²) in [6.07, 6.45) is 4.24. The summed E-state index contributed by atoms with van der Waals surface area (Å²) in [7, 11) is 1.84. The smallest absolute Gasteiger partial charge is 0.254 e. The van der Waals surface area contributed by atoms with Crippen molar-refractivity contribution in [2.45, 2.75) is 6.04 Å². The van der Waals surface area contributed by atoms with Crippen LogP contribution in [0.25, 0.3) is 10.8 Å². The number of hydrogen-bond acceptors (Lipinski definition) is 4. The molecule has 2 amide bonds. The van der Waals surface area contributed by atoms with Crippen LogP contribution in [0.15, 0.2) is 48.6 Å². The second kappa shape index (κ2) is 6.03. The lowest BCUT2D eigenvalue weighted by Gasteiger charge is -2.24. The van der Waals surface area contributed by atoms with Gasteiger partial charge in [0.1, 0.15) is 6.04 Å². The third-order valence-electron chi connectivity index (χ3n) is 4.06. The Kier molecular flexibility index (Phi) is 3.92. The zero-order valence-corrected chi connectivity index (χ0v) is 12.6. The highest BCUT2D eigenvalue weighted by atomic mass is 16.2. The van der Waals surface area contributed by atoms with E-state index in [1.54, 1.807) is 18.2 Å².